The molecule has 1 amide bonds. The Morgan fingerprint density at radius 3 is 2.76 bits per heavy atom. The summed E-state index contributed by atoms with van der Waals surface area (Å²) in [6.07, 6.45) is 6.00. The number of nitrogens with zero attached hydrogens (tertiary/aromatic N) is 3. The van der Waals surface area contributed by atoms with Gasteiger partial charge in [0.25, 0.3) is 0 Å². The normalized spacial score (nSPS) is 11.2. The Bertz CT molecular complexity index is 690. The van der Waals surface area contributed by atoms with Crippen LogP contribution in [0.4, 0.5) is 0 Å². The number of rotatable bonds is 9. The lowest BCUT2D eigenvalue weighted by Crippen LogP contribution is -2.25. The van der Waals surface area contributed by atoms with Gasteiger partial charge in [-0.05, 0) is 30.2 Å². The van der Waals surface area contributed by atoms with Gasteiger partial charge < -0.3 is 14.6 Å². The summed E-state index contributed by atoms with van der Waals surface area (Å²) in [6, 6.07) is 7.68. The number of hydrogen-bond donors (Lipinski definition) is 1. The first-order chi connectivity index (χ1) is 12.1. The molecule has 0 aliphatic carbocycles. The zero-order chi connectivity index (χ0) is 18.1. The smallest absolute Gasteiger partial charge is 0.244 e. The van der Waals surface area contributed by atoms with Crippen LogP contribution in [0, 0.1) is 0 Å². The molecule has 0 saturated carbocycles. The van der Waals surface area contributed by atoms with E-state index in [1.807, 2.05) is 28.8 Å². The van der Waals surface area contributed by atoms with Crippen LogP contribution >= 0.6 is 0 Å². The van der Waals surface area contributed by atoms with Crippen LogP contribution in [-0.2, 0) is 11.3 Å². The van der Waals surface area contributed by atoms with Crippen LogP contribution in [0.1, 0.15) is 44.5 Å². The first kappa shape index (κ1) is 18.7. The predicted molar refractivity (Wildman–Crippen MR) is 98.4 cm³/mol. The molecule has 25 heavy (non-hydrogen) atoms. The summed E-state index contributed by atoms with van der Waals surface area (Å²) in [5.74, 6) is 1.96. The van der Waals surface area contributed by atoms with Gasteiger partial charge in [0, 0.05) is 25.1 Å². The number of aromatic nitrogens is 3. The molecule has 0 atom stereocenters. The number of carbonyl (C=O) groups excluding carboxylic acids is 1. The molecule has 0 aliphatic rings. The molecular weight excluding hydrogens is 316 g/mol. The van der Waals surface area contributed by atoms with Gasteiger partial charge in [-0.2, -0.15) is 0 Å². The van der Waals surface area contributed by atoms with Gasteiger partial charge in [0.1, 0.15) is 17.9 Å². The minimum absolute atomic E-state index is 0.120. The highest BCUT2D eigenvalue weighted by atomic mass is 16.5. The molecule has 1 aromatic heterocycles. The molecule has 0 unspecified atom stereocenters. The van der Waals surface area contributed by atoms with Gasteiger partial charge in [-0.3, -0.25) is 4.79 Å². The highest BCUT2D eigenvalue weighted by Gasteiger charge is 2.07. The van der Waals surface area contributed by atoms with E-state index in [9.17, 15) is 4.79 Å². The fourth-order valence-electron chi connectivity index (χ4n) is 2.31. The monoisotopic (exact) mass is 342 g/mol. The van der Waals surface area contributed by atoms with Crippen LogP contribution in [0.5, 0.6) is 5.75 Å². The quantitative estimate of drug-likeness (QED) is 0.711. The Kier molecular flexibility index (Phi) is 7.19. The van der Waals surface area contributed by atoms with Gasteiger partial charge in [0.05, 0.1) is 6.61 Å². The molecule has 2 rings (SSSR count). The van der Waals surface area contributed by atoms with Crippen molar-refractivity contribution >= 4 is 12.0 Å². The summed E-state index contributed by atoms with van der Waals surface area (Å²) in [7, 11) is 0. The topological polar surface area (TPSA) is 69.0 Å². The lowest BCUT2D eigenvalue weighted by Gasteiger charge is -2.08. The second kappa shape index (κ2) is 9.61. The number of nitrogens with one attached hydrogen (secondary N) is 1. The number of hydrogen-bond acceptors (Lipinski definition) is 4. The number of amides is 1. The van der Waals surface area contributed by atoms with E-state index >= 15 is 0 Å². The van der Waals surface area contributed by atoms with Crippen molar-refractivity contribution in [1.29, 1.82) is 0 Å². The second-order valence-electron chi connectivity index (χ2n) is 6.08. The summed E-state index contributed by atoms with van der Waals surface area (Å²) in [6.45, 7) is 8.11. The minimum atomic E-state index is -0.120. The average Bonchev–Trinajstić information content (AvgIpc) is 3.08. The molecule has 0 saturated heterocycles. The van der Waals surface area contributed by atoms with E-state index in [0.29, 0.717) is 25.6 Å². The second-order valence-corrected chi connectivity index (χ2v) is 6.08. The van der Waals surface area contributed by atoms with Crippen LogP contribution in [0.2, 0.25) is 0 Å². The van der Waals surface area contributed by atoms with Crippen molar-refractivity contribution < 1.29 is 9.53 Å². The summed E-state index contributed by atoms with van der Waals surface area (Å²) >= 11 is 0. The van der Waals surface area contributed by atoms with Crippen molar-refractivity contribution in [3.63, 3.8) is 0 Å². The number of carbonyl (C=O) groups is 1. The fraction of sp³-hybridized carbons (Fsp3) is 0.421. The van der Waals surface area contributed by atoms with E-state index in [-0.39, 0.29) is 5.91 Å². The van der Waals surface area contributed by atoms with Gasteiger partial charge >= 0.3 is 0 Å². The third kappa shape index (κ3) is 6.06. The van der Waals surface area contributed by atoms with Gasteiger partial charge in [-0.15, -0.1) is 10.2 Å². The lowest BCUT2D eigenvalue weighted by molar-refractivity contribution is -0.116. The van der Waals surface area contributed by atoms with Crippen LogP contribution in [0.15, 0.2) is 36.7 Å². The van der Waals surface area contributed by atoms with E-state index in [1.165, 1.54) is 6.08 Å². The van der Waals surface area contributed by atoms with E-state index in [0.717, 1.165) is 23.6 Å². The van der Waals surface area contributed by atoms with Gasteiger partial charge in [0.15, 0.2) is 0 Å². The molecule has 0 bridgehead atoms. The molecule has 2 aromatic rings. The lowest BCUT2D eigenvalue weighted by atomic mass is 10.2. The molecule has 1 heterocycles. The maximum atomic E-state index is 11.9. The molecule has 1 N–H and O–H groups in total. The van der Waals surface area contributed by atoms with Crippen LogP contribution in [0.25, 0.3) is 6.08 Å². The van der Waals surface area contributed by atoms with E-state index < -0.39 is 0 Å². The summed E-state index contributed by atoms with van der Waals surface area (Å²) in [4.78, 5) is 11.9. The zero-order valence-electron chi connectivity index (χ0n) is 15.1. The highest BCUT2D eigenvalue weighted by molar-refractivity contribution is 5.91. The molecular formula is C19H26N4O2. The van der Waals surface area contributed by atoms with Gasteiger partial charge in [0.2, 0.25) is 5.91 Å². The van der Waals surface area contributed by atoms with Crippen molar-refractivity contribution in [3.8, 4) is 5.75 Å². The van der Waals surface area contributed by atoms with Crippen molar-refractivity contribution in [2.45, 2.75) is 39.7 Å². The Morgan fingerprint density at radius 2 is 2.08 bits per heavy atom. The van der Waals surface area contributed by atoms with Crippen molar-refractivity contribution in [2.24, 2.45) is 0 Å². The minimum Gasteiger partial charge on any atom is -0.494 e. The highest BCUT2D eigenvalue weighted by Crippen LogP contribution is 2.13. The number of benzene rings is 1. The first-order valence-corrected chi connectivity index (χ1v) is 8.66. The molecule has 6 heteroatoms. The van der Waals surface area contributed by atoms with Crippen molar-refractivity contribution in [2.75, 3.05) is 13.2 Å². The first-order valence-electron chi connectivity index (χ1n) is 8.66. The SMILES string of the molecule is CCCOc1ccc(C=CC(=O)NCCn2cnnc2C(C)C)cc1. The van der Waals surface area contributed by atoms with Crippen LogP contribution in [0.3, 0.4) is 0 Å². The Balaban J connectivity index is 1.77. The Hall–Kier alpha value is -2.63. The third-order valence-corrected chi connectivity index (χ3v) is 3.59. The summed E-state index contributed by atoms with van der Waals surface area (Å²) in [5.41, 5.74) is 0.958. The maximum Gasteiger partial charge on any atom is 0.244 e. The van der Waals surface area contributed by atoms with Gasteiger partial charge in [-0.1, -0.05) is 32.9 Å². The van der Waals surface area contributed by atoms with E-state index in [2.05, 4.69) is 36.3 Å². The molecule has 0 radical (unpaired) electrons. The van der Waals surface area contributed by atoms with E-state index in [1.54, 1.807) is 12.4 Å². The molecule has 0 spiro atoms. The Labute approximate surface area is 148 Å². The van der Waals surface area contributed by atoms with E-state index in [4.69, 9.17) is 4.74 Å². The molecule has 6 nitrogen and oxygen atoms in total. The summed E-state index contributed by atoms with van der Waals surface area (Å²) < 4.78 is 7.50. The largest absolute Gasteiger partial charge is 0.494 e. The molecule has 0 fully saturated rings. The van der Waals surface area contributed by atoms with Crippen molar-refractivity contribution in [1.82, 2.24) is 20.1 Å². The maximum absolute atomic E-state index is 11.9. The molecule has 134 valence electrons. The standard InChI is InChI=1S/C19H26N4O2/c1-4-13-25-17-8-5-16(6-9-17)7-10-18(24)20-11-12-23-14-21-22-19(23)15(2)3/h5-10,14-15H,4,11-13H2,1-3H3,(H,20,24). The predicted octanol–water partition coefficient (Wildman–Crippen LogP) is 3.02. The summed E-state index contributed by atoms with van der Waals surface area (Å²) in [5, 5.41) is 10.9. The third-order valence-electron chi connectivity index (χ3n) is 3.59. The fourth-order valence-corrected chi connectivity index (χ4v) is 2.31. The zero-order valence-corrected chi connectivity index (χ0v) is 15.1. The van der Waals surface area contributed by atoms with Crippen LogP contribution in [-0.4, -0.2) is 33.8 Å². The van der Waals surface area contributed by atoms with Crippen molar-refractivity contribution in [3.05, 3.63) is 48.1 Å². The van der Waals surface area contributed by atoms with Crippen LogP contribution < -0.4 is 10.1 Å². The molecule has 0 aliphatic heterocycles. The molecule has 1 aromatic carbocycles. The number of ether oxygens (including phenoxy) is 1. The van der Waals surface area contributed by atoms with Gasteiger partial charge in [-0.25, -0.2) is 0 Å². The Morgan fingerprint density at radius 1 is 1.32 bits per heavy atom. The average molecular weight is 342 g/mol.